The molecule has 112 valence electrons. The van der Waals surface area contributed by atoms with E-state index in [1.165, 1.54) is 7.11 Å². The van der Waals surface area contributed by atoms with Crippen molar-refractivity contribution in [2.24, 2.45) is 0 Å². The SMILES string of the molecule is CCC(C)(OC)c1nc(O)c(-c2ccc(Cl)cc2)c(=O)[nH]1. The number of aromatic hydroxyl groups is 1. The molecule has 2 rings (SSSR count). The first-order chi connectivity index (χ1) is 9.91. The van der Waals surface area contributed by atoms with E-state index >= 15 is 0 Å². The minimum absolute atomic E-state index is 0.116. The summed E-state index contributed by atoms with van der Waals surface area (Å²) in [6, 6.07) is 6.61. The van der Waals surface area contributed by atoms with Crippen LogP contribution in [-0.2, 0) is 10.3 Å². The van der Waals surface area contributed by atoms with Crippen LogP contribution in [-0.4, -0.2) is 22.2 Å². The van der Waals surface area contributed by atoms with Crippen molar-refractivity contribution >= 4 is 11.6 Å². The fraction of sp³-hybridized carbons (Fsp3) is 0.333. The van der Waals surface area contributed by atoms with Gasteiger partial charge in [-0.25, -0.2) is 0 Å². The summed E-state index contributed by atoms with van der Waals surface area (Å²) in [5, 5.41) is 10.7. The molecule has 1 aromatic carbocycles. The van der Waals surface area contributed by atoms with Gasteiger partial charge in [-0.1, -0.05) is 30.7 Å². The van der Waals surface area contributed by atoms with Crippen LogP contribution in [0.1, 0.15) is 26.1 Å². The number of benzene rings is 1. The Kier molecular flexibility index (Phi) is 4.34. The molecule has 21 heavy (non-hydrogen) atoms. The molecular formula is C15H17ClN2O3. The summed E-state index contributed by atoms with van der Waals surface area (Å²) in [5.41, 5.74) is -0.510. The second-order valence-corrected chi connectivity index (χ2v) is 5.35. The molecule has 5 nitrogen and oxygen atoms in total. The molecular weight excluding hydrogens is 292 g/mol. The lowest BCUT2D eigenvalue weighted by Crippen LogP contribution is -2.29. The number of ether oxygens (including phenoxy) is 1. The largest absolute Gasteiger partial charge is 0.493 e. The van der Waals surface area contributed by atoms with Gasteiger partial charge in [0.2, 0.25) is 5.88 Å². The van der Waals surface area contributed by atoms with Gasteiger partial charge in [0.1, 0.15) is 17.0 Å². The van der Waals surface area contributed by atoms with E-state index in [2.05, 4.69) is 9.97 Å². The molecule has 0 fully saturated rings. The van der Waals surface area contributed by atoms with Gasteiger partial charge in [-0.05, 0) is 31.0 Å². The molecule has 1 unspecified atom stereocenters. The van der Waals surface area contributed by atoms with Crippen LogP contribution < -0.4 is 5.56 Å². The van der Waals surface area contributed by atoms with Gasteiger partial charge in [0, 0.05) is 12.1 Å². The Labute approximate surface area is 127 Å². The van der Waals surface area contributed by atoms with Crippen LogP contribution in [0.15, 0.2) is 29.1 Å². The van der Waals surface area contributed by atoms with Crippen molar-refractivity contribution in [2.45, 2.75) is 25.9 Å². The lowest BCUT2D eigenvalue weighted by atomic mass is 10.0. The Bertz CT molecular complexity index is 691. The normalized spacial score (nSPS) is 13.9. The number of hydrogen-bond acceptors (Lipinski definition) is 4. The monoisotopic (exact) mass is 308 g/mol. The lowest BCUT2D eigenvalue weighted by molar-refractivity contribution is -0.00956. The van der Waals surface area contributed by atoms with Gasteiger partial charge < -0.3 is 14.8 Å². The first kappa shape index (κ1) is 15.5. The predicted molar refractivity (Wildman–Crippen MR) is 81.6 cm³/mol. The molecule has 2 N–H and O–H groups in total. The second kappa shape index (κ2) is 5.87. The zero-order valence-corrected chi connectivity index (χ0v) is 12.9. The Morgan fingerprint density at radius 1 is 1.38 bits per heavy atom. The molecule has 1 heterocycles. The van der Waals surface area contributed by atoms with Crippen LogP contribution in [0.4, 0.5) is 0 Å². The first-order valence-corrected chi connectivity index (χ1v) is 6.94. The molecule has 0 amide bonds. The summed E-state index contributed by atoms with van der Waals surface area (Å²) in [5.74, 6) is -0.0273. The summed E-state index contributed by atoms with van der Waals surface area (Å²) in [6.07, 6.45) is 0.603. The maximum absolute atomic E-state index is 12.3. The summed E-state index contributed by atoms with van der Waals surface area (Å²) in [6.45, 7) is 3.71. The van der Waals surface area contributed by atoms with Gasteiger partial charge in [0.05, 0.1) is 0 Å². The van der Waals surface area contributed by atoms with Crippen molar-refractivity contribution in [3.8, 4) is 17.0 Å². The van der Waals surface area contributed by atoms with Gasteiger partial charge in [-0.2, -0.15) is 4.98 Å². The van der Waals surface area contributed by atoms with Crippen LogP contribution in [0.5, 0.6) is 5.88 Å². The smallest absolute Gasteiger partial charge is 0.262 e. The Morgan fingerprint density at radius 3 is 2.48 bits per heavy atom. The summed E-state index contributed by atoms with van der Waals surface area (Å²) >= 11 is 5.82. The maximum atomic E-state index is 12.3. The van der Waals surface area contributed by atoms with E-state index in [-0.39, 0.29) is 11.4 Å². The van der Waals surface area contributed by atoms with Crippen molar-refractivity contribution in [3.63, 3.8) is 0 Å². The molecule has 0 aliphatic carbocycles. The van der Waals surface area contributed by atoms with Gasteiger partial charge in [0.25, 0.3) is 5.56 Å². The van der Waals surface area contributed by atoms with Crippen LogP contribution in [0, 0.1) is 0 Å². The van der Waals surface area contributed by atoms with E-state index in [0.717, 1.165) is 0 Å². The molecule has 0 radical (unpaired) electrons. The average molecular weight is 309 g/mol. The third-order valence-corrected chi connectivity index (χ3v) is 3.91. The van der Waals surface area contributed by atoms with E-state index < -0.39 is 11.2 Å². The summed E-state index contributed by atoms with van der Waals surface area (Å²) in [4.78, 5) is 19.1. The molecule has 0 saturated heterocycles. The van der Waals surface area contributed by atoms with E-state index in [1.54, 1.807) is 31.2 Å². The average Bonchev–Trinajstić information content (AvgIpc) is 2.47. The number of methoxy groups -OCH3 is 1. The van der Waals surface area contributed by atoms with Gasteiger partial charge >= 0.3 is 0 Å². The molecule has 6 heteroatoms. The number of aromatic amines is 1. The fourth-order valence-corrected chi connectivity index (χ4v) is 2.12. The highest BCUT2D eigenvalue weighted by molar-refractivity contribution is 6.30. The molecule has 0 aliphatic heterocycles. The number of nitrogens with zero attached hydrogens (tertiary/aromatic N) is 1. The number of hydrogen-bond donors (Lipinski definition) is 2. The number of halogens is 1. The van der Waals surface area contributed by atoms with E-state index in [9.17, 15) is 9.90 Å². The molecule has 0 aliphatic rings. The van der Waals surface area contributed by atoms with Crippen LogP contribution >= 0.6 is 11.6 Å². The van der Waals surface area contributed by atoms with Gasteiger partial charge in [-0.3, -0.25) is 4.79 Å². The van der Waals surface area contributed by atoms with Crippen molar-refractivity contribution in [2.75, 3.05) is 7.11 Å². The highest BCUT2D eigenvalue weighted by Gasteiger charge is 2.28. The zero-order chi connectivity index (χ0) is 15.6. The molecule has 0 bridgehead atoms. The molecule has 0 saturated carbocycles. The van der Waals surface area contributed by atoms with Crippen LogP contribution in [0.25, 0.3) is 11.1 Å². The fourth-order valence-electron chi connectivity index (χ4n) is 2.00. The van der Waals surface area contributed by atoms with E-state index in [1.807, 2.05) is 6.92 Å². The lowest BCUT2D eigenvalue weighted by Gasteiger charge is -2.25. The van der Waals surface area contributed by atoms with Crippen molar-refractivity contribution in [3.05, 3.63) is 45.5 Å². The van der Waals surface area contributed by atoms with Crippen molar-refractivity contribution in [1.29, 1.82) is 0 Å². The minimum atomic E-state index is -0.755. The topological polar surface area (TPSA) is 75.2 Å². The molecule has 1 aromatic heterocycles. The number of aromatic nitrogens is 2. The van der Waals surface area contributed by atoms with Gasteiger partial charge in [0.15, 0.2) is 0 Å². The predicted octanol–water partition coefficient (Wildman–Crippen LogP) is 3.07. The van der Waals surface area contributed by atoms with Crippen molar-refractivity contribution < 1.29 is 9.84 Å². The van der Waals surface area contributed by atoms with Crippen LogP contribution in [0.3, 0.4) is 0 Å². The second-order valence-electron chi connectivity index (χ2n) is 4.91. The Morgan fingerprint density at radius 2 is 2.00 bits per heavy atom. The molecule has 1 atom stereocenters. The third-order valence-electron chi connectivity index (χ3n) is 3.66. The highest BCUT2D eigenvalue weighted by atomic mass is 35.5. The standard InChI is InChI=1S/C15H17ClN2O3/c1-4-15(2,21-3)14-17-12(19)11(13(20)18-14)9-5-7-10(16)8-6-9/h5-8H,4H2,1-3H3,(H2,17,18,19,20). The van der Waals surface area contributed by atoms with E-state index in [0.29, 0.717) is 22.8 Å². The molecule has 2 aromatic rings. The third kappa shape index (κ3) is 2.94. The minimum Gasteiger partial charge on any atom is -0.493 e. The van der Waals surface area contributed by atoms with Crippen molar-refractivity contribution in [1.82, 2.24) is 9.97 Å². The molecule has 0 spiro atoms. The maximum Gasteiger partial charge on any atom is 0.262 e. The number of rotatable bonds is 4. The number of nitrogens with one attached hydrogen (secondary N) is 1. The summed E-state index contributed by atoms with van der Waals surface area (Å²) in [7, 11) is 1.54. The Hall–Kier alpha value is -1.85. The Balaban J connectivity index is 2.57. The van der Waals surface area contributed by atoms with E-state index in [4.69, 9.17) is 16.3 Å². The number of H-pyrrole nitrogens is 1. The van der Waals surface area contributed by atoms with Crippen LogP contribution in [0.2, 0.25) is 5.02 Å². The van der Waals surface area contributed by atoms with Gasteiger partial charge in [-0.15, -0.1) is 0 Å². The quantitative estimate of drug-likeness (QED) is 0.910. The first-order valence-electron chi connectivity index (χ1n) is 6.56. The summed E-state index contributed by atoms with van der Waals surface area (Å²) < 4.78 is 5.38. The highest BCUT2D eigenvalue weighted by Crippen LogP contribution is 2.29. The zero-order valence-electron chi connectivity index (χ0n) is 12.1.